The lowest BCUT2D eigenvalue weighted by molar-refractivity contribution is -0.148. The zero-order chi connectivity index (χ0) is 20.1. The van der Waals surface area contributed by atoms with E-state index in [1.54, 1.807) is 30.3 Å². The number of carbonyl (C=O) groups is 2. The maximum absolute atomic E-state index is 11.9. The van der Waals surface area contributed by atoms with Crippen molar-refractivity contribution >= 4 is 29.2 Å². The number of benzene rings is 2. The van der Waals surface area contributed by atoms with Crippen molar-refractivity contribution in [3.63, 3.8) is 0 Å². The molecule has 3 rings (SSSR count). The van der Waals surface area contributed by atoms with E-state index in [1.807, 2.05) is 26.0 Å². The second-order valence-corrected chi connectivity index (χ2v) is 6.59. The molecule has 0 aliphatic heterocycles. The summed E-state index contributed by atoms with van der Waals surface area (Å²) in [7, 11) is 0. The summed E-state index contributed by atoms with van der Waals surface area (Å²) in [6, 6.07) is 12.5. The lowest BCUT2D eigenvalue weighted by Crippen LogP contribution is -2.23. The molecule has 28 heavy (non-hydrogen) atoms. The van der Waals surface area contributed by atoms with Gasteiger partial charge in [0.15, 0.2) is 13.2 Å². The zero-order valence-corrected chi connectivity index (χ0v) is 16.1. The van der Waals surface area contributed by atoms with Crippen LogP contribution in [-0.4, -0.2) is 38.7 Å². The Morgan fingerprint density at radius 3 is 2.57 bits per heavy atom. The number of aryl methyl sites for hydroxylation is 2. The number of anilines is 1. The molecule has 2 aromatic carbocycles. The standard InChI is InChI=1S/C19H18ClN5O3/c1-12-3-8-16(9-13(12)2)21-17(26)11-28-18(27)10-25-23-19(22-24-25)14-4-6-15(20)7-5-14/h3-9H,10-11H2,1-2H3,(H,21,26). The van der Waals surface area contributed by atoms with Gasteiger partial charge in [0.2, 0.25) is 5.82 Å². The number of rotatable bonds is 6. The number of halogens is 1. The van der Waals surface area contributed by atoms with E-state index in [9.17, 15) is 9.59 Å². The second-order valence-electron chi connectivity index (χ2n) is 6.16. The normalized spacial score (nSPS) is 10.5. The van der Waals surface area contributed by atoms with Crippen molar-refractivity contribution in [1.29, 1.82) is 0 Å². The summed E-state index contributed by atoms with van der Waals surface area (Å²) in [6.07, 6.45) is 0. The van der Waals surface area contributed by atoms with Gasteiger partial charge in [-0.3, -0.25) is 4.79 Å². The summed E-state index contributed by atoms with van der Waals surface area (Å²) in [5.74, 6) is -0.711. The quantitative estimate of drug-likeness (QED) is 0.640. The fourth-order valence-electron chi connectivity index (χ4n) is 2.35. The van der Waals surface area contributed by atoms with Gasteiger partial charge in [0.05, 0.1) is 0 Å². The maximum Gasteiger partial charge on any atom is 0.330 e. The van der Waals surface area contributed by atoms with Gasteiger partial charge in [-0.2, -0.15) is 4.80 Å². The van der Waals surface area contributed by atoms with E-state index in [2.05, 4.69) is 20.7 Å². The summed E-state index contributed by atoms with van der Waals surface area (Å²) in [5, 5.41) is 15.1. The molecule has 1 heterocycles. The third-order valence-electron chi connectivity index (χ3n) is 3.98. The van der Waals surface area contributed by atoms with Crippen LogP contribution >= 0.6 is 11.6 Å². The summed E-state index contributed by atoms with van der Waals surface area (Å²) in [4.78, 5) is 24.9. The minimum Gasteiger partial charge on any atom is -0.454 e. The Morgan fingerprint density at radius 2 is 1.86 bits per heavy atom. The van der Waals surface area contributed by atoms with E-state index in [4.69, 9.17) is 16.3 Å². The number of hydrogen-bond acceptors (Lipinski definition) is 6. The highest BCUT2D eigenvalue weighted by atomic mass is 35.5. The molecule has 8 nitrogen and oxygen atoms in total. The van der Waals surface area contributed by atoms with Crippen molar-refractivity contribution in [2.45, 2.75) is 20.4 Å². The van der Waals surface area contributed by atoms with Gasteiger partial charge in [-0.05, 0) is 66.6 Å². The largest absolute Gasteiger partial charge is 0.454 e. The van der Waals surface area contributed by atoms with Crippen molar-refractivity contribution in [3.05, 3.63) is 58.6 Å². The average Bonchev–Trinajstić information content (AvgIpc) is 3.12. The van der Waals surface area contributed by atoms with Crippen LogP contribution in [-0.2, 0) is 20.9 Å². The van der Waals surface area contributed by atoms with Crippen LogP contribution in [0.1, 0.15) is 11.1 Å². The first-order valence-corrected chi connectivity index (χ1v) is 8.85. The van der Waals surface area contributed by atoms with Gasteiger partial charge >= 0.3 is 5.97 Å². The molecule has 0 atom stereocenters. The molecule has 0 saturated heterocycles. The molecule has 0 aliphatic carbocycles. The van der Waals surface area contributed by atoms with Crippen molar-refractivity contribution in [3.8, 4) is 11.4 Å². The van der Waals surface area contributed by atoms with Crippen LogP contribution in [0.15, 0.2) is 42.5 Å². The SMILES string of the molecule is Cc1ccc(NC(=O)COC(=O)Cn2nnc(-c3ccc(Cl)cc3)n2)cc1C. The second kappa shape index (κ2) is 8.62. The van der Waals surface area contributed by atoms with E-state index in [0.29, 0.717) is 16.5 Å². The number of nitrogens with one attached hydrogen (secondary N) is 1. The number of hydrogen-bond donors (Lipinski definition) is 1. The van der Waals surface area contributed by atoms with Crippen LogP contribution in [0.4, 0.5) is 5.69 Å². The minimum atomic E-state index is -0.643. The predicted octanol–water partition coefficient (Wildman–Crippen LogP) is 2.79. The summed E-state index contributed by atoms with van der Waals surface area (Å²) in [6.45, 7) is 3.29. The van der Waals surface area contributed by atoms with Gasteiger partial charge in [-0.25, -0.2) is 4.79 Å². The Balaban J connectivity index is 1.49. The Bertz CT molecular complexity index is 1000. The third kappa shape index (κ3) is 5.14. The van der Waals surface area contributed by atoms with E-state index in [0.717, 1.165) is 21.5 Å². The van der Waals surface area contributed by atoms with E-state index in [-0.39, 0.29) is 6.54 Å². The monoisotopic (exact) mass is 399 g/mol. The van der Waals surface area contributed by atoms with E-state index < -0.39 is 18.5 Å². The highest BCUT2D eigenvalue weighted by molar-refractivity contribution is 6.30. The highest BCUT2D eigenvalue weighted by Gasteiger charge is 2.12. The van der Waals surface area contributed by atoms with Crippen LogP contribution in [0, 0.1) is 13.8 Å². The maximum atomic E-state index is 11.9. The van der Waals surface area contributed by atoms with Gasteiger partial charge in [0.1, 0.15) is 0 Å². The Labute approximate surface area is 166 Å². The first kappa shape index (κ1) is 19.5. The van der Waals surface area contributed by atoms with Gasteiger partial charge in [-0.15, -0.1) is 10.2 Å². The van der Waals surface area contributed by atoms with E-state index >= 15 is 0 Å². The number of tetrazole rings is 1. The van der Waals surface area contributed by atoms with Crippen LogP contribution in [0.5, 0.6) is 0 Å². The molecule has 144 valence electrons. The highest BCUT2D eigenvalue weighted by Crippen LogP contribution is 2.17. The number of carbonyl (C=O) groups excluding carboxylic acids is 2. The molecule has 3 aromatic rings. The number of amides is 1. The van der Waals surface area contributed by atoms with Crippen molar-refractivity contribution in [1.82, 2.24) is 20.2 Å². The van der Waals surface area contributed by atoms with Gasteiger partial charge in [0.25, 0.3) is 5.91 Å². The van der Waals surface area contributed by atoms with Crippen LogP contribution in [0.2, 0.25) is 5.02 Å². The molecular formula is C19H18ClN5O3. The van der Waals surface area contributed by atoms with Gasteiger partial charge < -0.3 is 10.1 Å². The minimum absolute atomic E-state index is 0.252. The fraction of sp³-hybridized carbons (Fsp3) is 0.211. The number of aromatic nitrogens is 4. The fourth-order valence-corrected chi connectivity index (χ4v) is 2.47. The lowest BCUT2D eigenvalue weighted by atomic mass is 10.1. The molecule has 0 aliphatic rings. The molecule has 1 aromatic heterocycles. The summed E-state index contributed by atoms with van der Waals surface area (Å²) < 4.78 is 4.97. The summed E-state index contributed by atoms with van der Waals surface area (Å²) in [5.41, 5.74) is 3.55. The van der Waals surface area contributed by atoms with Crippen LogP contribution in [0.25, 0.3) is 11.4 Å². The van der Waals surface area contributed by atoms with Gasteiger partial charge in [-0.1, -0.05) is 17.7 Å². The molecule has 0 fully saturated rings. The molecular weight excluding hydrogens is 382 g/mol. The number of ether oxygens (including phenoxy) is 1. The predicted molar refractivity (Wildman–Crippen MR) is 104 cm³/mol. The molecule has 0 unspecified atom stereocenters. The number of esters is 1. The van der Waals surface area contributed by atoms with Crippen molar-refractivity contribution < 1.29 is 14.3 Å². The molecule has 0 radical (unpaired) electrons. The topological polar surface area (TPSA) is 99.0 Å². The Kier molecular flexibility index (Phi) is 6.00. The van der Waals surface area contributed by atoms with Crippen molar-refractivity contribution in [2.75, 3.05) is 11.9 Å². The Morgan fingerprint density at radius 1 is 1.11 bits per heavy atom. The summed E-state index contributed by atoms with van der Waals surface area (Å²) >= 11 is 5.84. The molecule has 1 amide bonds. The molecule has 0 saturated carbocycles. The van der Waals surface area contributed by atoms with E-state index in [1.165, 1.54) is 0 Å². The Hall–Kier alpha value is -3.26. The van der Waals surface area contributed by atoms with Crippen molar-refractivity contribution in [2.24, 2.45) is 0 Å². The smallest absolute Gasteiger partial charge is 0.330 e. The lowest BCUT2D eigenvalue weighted by Gasteiger charge is -2.08. The van der Waals surface area contributed by atoms with Gasteiger partial charge in [0, 0.05) is 16.3 Å². The third-order valence-corrected chi connectivity index (χ3v) is 4.23. The molecule has 0 spiro atoms. The van der Waals surface area contributed by atoms with Crippen LogP contribution in [0.3, 0.4) is 0 Å². The first-order valence-electron chi connectivity index (χ1n) is 8.47. The molecule has 1 N–H and O–H groups in total. The first-order chi connectivity index (χ1) is 13.4. The van der Waals surface area contributed by atoms with Crippen LogP contribution < -0.4 is 5.32 Å². The molecule has 9 heteroatoms. The average molecular weight is 400 g/mol. The molecule has 0 bridgehead atoms. The zero-order valence-electron chi connectivity index (χ0n) is 15.3. The number of nitrogens with zero attached hydrogens (tertiary/aromatic N) is 4.